The Labute approximate surface area is 556 Å². The summed E-state index contributed by atoms with van der Waals surface area (Å²) in [6, 6.07) is 0. The first-order valence-corrected chi connectivity index (χ1v) is 38.8. The number of likely N-dealkylation sites (N-methyl/N-ethyl adjacent to an activating group) is 1. The normalized spacial score (nSPS) is 13.8. The number of unbranched alkanes of at least 4 members (excludes halogenated alkanes) is 34. The van der Waals surface area contributed by atoms with E-state index in [0.29, 0.717) is 17.4 Å². The number of nitrogens with zero attached hydrogens (tertiary/aromatic N) is 1. The number of carbonyl (C=O) groups excluding carboxylic acids is 2. The van der Waals surface area contributed by atoms with Crippen molar-refractivity contribution in [2.24, 2.45) is 0 Å². The maximum absolute atomic E-state index is 12.9. The molecule has 0 aliphatic carbocycles. The second kappa shape index (κ2) is 69.7. The number of quaternary nitrogens is 1. The average molecular weight is 1280 g/mol. The highest BCUT2D eigenvalue weighted by Gasteiger charge is 2.27. The maximum atomic E-state index is 12.9. The Balaban J connectivity index is 4.03. The standard InChI is InChI=1S/C80H140NO8P/c1-6-8-10-12-14-16-18-20-22-24-26-28-30-32-33-34-35-36-37-38-39-40-41-42-43-44-45-46-47-49-51-53-55-57-59-61-63-65-67-69-71-73-80(83)89-78(77-88-90(84,85)87-75-74-81(3,4)5)76-86-79(82)72-70-68-66-64-62-60-58-56-54-52-50-48-31-29-27-25-23-21-19-17-15-13-11-9-7-2/h8,10,14,16,20,22,25-28,32-33,35-36,38-39,41-42,44-45,78H,6-7,9,11-13,15,17-19,21,23-24,29-31,34,37,40,43,46-77H2,1-5H3/p+1/b10-8-,16-14-,22-20-,27-25-,28-26-,33-32-,36-35-,39-38-,42-41-,45-44-. The smallest absolute Gasteiger partial charge is 0.462 e. The molecule has 0 aromatic heterocycles. The number of hydrogen-bond acceptors (Lipinski definition) is 7. The number of rotatable bonds is 68. The summed E-state index contributed by atoms with van der Waals surface area (Å²) in [5.74, 6) is -0.792. The van der Waals surface area contributed by atoms with E-state index in [0.717, 1.165) is 96.3 Å². The largest absolute Gasteiger partial charge is 0.472 e. The van der Waals surface area contributed by atoms with Crippen LogP contribution >= 0.6 is 7.82 Å². The van der Waals surface area contributed by atoms with Crippen molar-refractivity contribution in [2.75, 3.05) is 47.5 Å². The Morgan fingerprint density at radius 3 is 0.956 bits per heavy atom. The summed E-state index contributed by atoms with van der Waals surface area (Å²) in [6.07, 6.45) is 100. The molecule has 0 fully saturated rings. The van der Waals surface area contributed by atoms with Crippen LogP contribution in [0, 0.1) is 0 Å². The number of ether oxygens (including phenoxy) is 2. The van der Waals surface area contributed by atoms with E-state index in [2.05, 4.69) is 135 Å². The molecular formula is C80H141NO8P+. The van der Waals surface area contributed by atoms with E-state index in [4.69, 9.17) is 18.5 Å². The Hall–Kier alpha value is -3.59. The highest BCUT2D eigenvalue weighted by molar-refractivity contribution is 7.47. The lowest BCUT2D eigenvalue weighted by Crippen LogP contribution is -2.37. The highest BCUT2D eigenvalue weighted by atomic mass is 31.2. The second-order valence-corrected chi connectivity index (χ2v) is 27.4. The van der Waals surface area contributed by atoms with Gasteiger partial charge in [-0.15, -0.1) is 0 Å². The molecule has 0 saturated carbocycles. The summed E-state index contributed by atoms with van der Waals surface area (Å²) >= 11 is 0. The molecule has 0 radical (unpaired) electrons. The Morgan fingerprint density at radius 1 is 0.356 bits per heavy atom. The fourth-order valence-electron chi connectivity index (χ4n) is 10.3. The molecule has 0 saturated heterocycles. The van der Waals surface area contributed by atoms with Gasteiger partial charge in [0.25, 0.3) is 0 Å². The monoisotopic (exact) mass is 1280 g/mol. The van der Waals surface area contributed by atoms with Crippen LogP contribution < -0.4 is 0 Å². The van der Waals surface area contributed by atoms with Crippen molar-refractivity contribution >= 4 is 19.8 Å². The van der Waals surface area contributed by atoms with Crippen molar-refractivity contribution in [1.82, 2.24) is 0 Å². The van der Waals surface area contributed by atoms with Crippen molar-refractivity contribution in [2.45, 2.75) is 328 Å². The fourth-order valence-corrected chi connectivity index (χ4v) is 11.0. The van der Waals surface area contributed by atoms with Gasteiger partial charge in [-0.1, -0.05) is 322 Å². The molecule has 2 unspecified atom stereocenters. The van der Waals surface area contributed by atoms with Gasteiger partial charge in [0, 0.05) is 12.8 Å². The van der Waals surface area contributed by atoms with Crippen molar-refractivity contribution in [3.05, 3.63) is 122 Å². The SMILES string of the molecule is CC/C=C\C/C=C\C/C=C\C/C=C\C/C=C\C/C=C\C/C=C\C/C=C\C/C=C\CCCCCCCCCCCCCCCC(=O)OC(COC(=O)CCCCCCCCCCCCCCC/C=C\CCCCCCCCCC)COP(=O)(O)OCC[N+](C)(C)C. The fraction of sp³-hybridized carbons (Fsp3) is 0.725. The zero-order chi connectivity index (χ0) is 65.5. The predicted octanol–water partition coefficient (Wildman–Crippen LogP) is 24.6. The van der Waals surface area contributed by atoms with Crippen LogP contribution in [-0.2, 0) is 32.7 Å². The second-order valence-electron chi connectivity index (χ2n) is 25.9. The third kappa shape index (κ3) is 73.5. The van der Waals surface area contributed by atoms with Gasteiger partial charge in [-0.3, -0.25) is 18.6 Å². The first-order chi connectivity index (χ1) is 44.0. The van der Waals surface area contributed by atoms with Crippen LogP contribution in [0.1, 0.15) is 322 Å². The number of esters is 2. The van der Waals surface area contributed by atoms with E-state index < -0.39 is 26.5 Å². The quantitative estimate of drug-likeness (QED) is 0.0211. The molecule has 0 bridgehead atoms. The number of phosphoric ester groups is 1. The van der Waals surface area contributed by atoms with Crippen LogP contribution in [0.5, 0.6) is 0 Å². The predicted molar refractivity (Wildman–Crippen MR) is 390 cm³/mol. The summed E-state index contributed by atoms with van der Waals surface area (Å²) in [4.78, 5) is 35.9. The van der Waals surface area contributed by atoms with Crippen molar-refractivity contribution in [1.29, 1.82) is 0 Å². The summed E-state index contributed by atoms with van der Waals surface area (Å²) < 4.78 is 34.8. The van der Waals surface area contributed by atoms with Gasteiger partial charge in [0.05, 0.1) is 27.7 Å². The van der Waals surface area contributed by atoms with Gasteiger partial charge >= 0.3 is 19.8 Å². The average Bonchev–Trinajstić information content (AvgIpc) is 3.62. The Kier molecular flexibility index (Phi) is 67.0. The molecule has 2 atom stereocenters. The van der Waals surface area contributed by atoms with Gasteiger partial charge < -0.3 is 18.9 Å². The van der Waals surface area contributed by atoms with Crippen LogP contribution in [0.4, 0.5) is 0 Å². The number of hydrogen-bond donors (Lipinski definition) is 1. The lowest BCUT2D eigenvalue weighted by Gasteiger charge is -2.24. The first kappa shape index (κ1) is 86.4. The van der Waals surface area contributed by atoms with E-state index in [1.807, 2.05) is 21.1 Å². The molecule has 0 aromatic carbocycles. The molecular weight excluding hydrogens is 1130 g/mol. The lowest BCUT2D eigenvalue weighted by molar-refractivity contribution is -0.870. The van der Waals surface area contributed by atoms with Gasteiger partial charge in [-0.05, 0) is 109 Å². The minimum atomic E-state index is -4.40. The zero-order valence-corrected chi connectivity index (χ0v) is 60.0. The summed E-state index contributed by atoms with van der Waals surface area (Å²) in [7, 11) is 1.48. The zero-order valence-electron chi connectivity index (χ0n) is 59.1. The van der Waals surface area contributed by atoms with Crippen molar-refractivity contribution < 1.29 is 42.1 Å². The number of allylic oxidation sites excluding steroid dienone is 20. The van der Waals surface area contributed by atoms with Crippen LogP contribution in [0.3, 0.4) is 0 Å². The van der Waals surface area contributed by atoms with Gasteiger partial charge in [-0.2, -0.15) is 0 Å². The van der Waals surface area contributed by atoms with E-state index in [-0.39, 0.29) is 32.0 Å². The summed E-state index contributed by atoms with van der Waals surface area (Å²) in [5.41, 5.74) is 0. The molecule has 9 nitrogen and oxygen atoms in total. The van der Waals surface area contributed by atoms with Crippen molar-refractivity contribution in [3.63, 3.8) is 0 Å². The maximum Gasteiger partial charge on any atom is 0.472 e. The summed E-state index contributed by atoms with van der Waals surface area (Å²) in [6.45, 7) is 4.35. The number of phosphoric acid groups is 1. The molecule has 0 aliphatic rings. The molecule has 90 heavy (non-hydrogen) atoms. The molecule has 1 N–H and O–H groups in total. The minimum Gasteiger partial charge on any atom is -0.462 e. The summed E-state index contributed by atoms with van der Waals surface area (Å²) in [5, 5.41) is 0. The first-order valence-electron chi connectivity index (χ1n) is 37.3. The molecule has 0 rings (SSSR count). The van der Waals surface area contributed by atoms with E-state index in [1.54, 1.807) is 0 Å². The Bertz CT molecular complexity index is 1940. The van der Waals surface area contributed by atoms with Gasteiger partial charge in [-0.25, -0.2) is 4.57 Å². The highest BCUT2D eigenvalue weighted by Crippen LogP contribution is 2.43. The minimum absolute atomic E-state index is 0.0285. The Morgan fingerprint density at radius 2 is 0.633 bits per heavy atom. The van der Waals surface area contributed by atoms with E-state index in [9.17, 15) is 19.0 Å². The lowest BCUT2D eigenvalue weighted by atomic mass is 10.0. The van der Waals surface area contributed by atoms with Gasteiger partial charge in [0.1, 0.15) is 19.8 Å². The molecule has 0 heterocycles. The van der Waals surface area contributed by atoms with Crippen molar-refractivity contribution in [3.8, 4) is 0 Å². The van der Waals surface area contributed by atoms with Crippen LogP contribution in [0.25, 0.3) is 0 Å². The third-order valence-corrected chi connectivity index (χ3v) is 17.0. The molecule has 0 aliphatic heterocycles. The number of carbonyl (C=O) groups is 2. The molecule has 0 spiro atoms. The van der Waals surface area contributed by atoms with E-state index >= 15 is 0 Å². The van der Waals surface area contributed by atoms with Crippen LogP contribution in [-0.4, -0.2) is 74.9 Å². The van der Waals surface area contributed by atoms with Gasteiger partial charge in [0.2, 0.25) is 0 Å². The topological polar surface area (TPSA) is 108 Å². The molecule has 0 aromatic rings. The van der Waals surface area contributed by atoms with Crippen LogP contribution in [0.15, 0.2) is 122 Å². The molecule has 518 valence electrons. The van der Waals surface area contributed by atoms with Crippen LogP contribution in [0.2, 0.25) is 0 Å². The van der Waals surface area contributed by atoms with E-state index in [1.165, 1.54) is 193 Å². The molecule has 10 heteroatoms. The van der Waals surface area contributed by atoms with Gasteiger partial charge in [0.15, 0.2) is 6.10 Å². The third-order valence-electron chi connectivity index (χ3n) is 16.0. The molecule has 0 amide bonds.